The fourth-order valence-electron chi connectivity index (χ4n) is 18.5. The fourth-order valence-corrected chi connectivity index (χ4v) is 20.0. The first-order valence-electron chi connectivity index (χ1n) is 46.4. The minimum absolute atomic E-state index is 0.00148. The van der Waals surface area contributed by atoms with E-state index >= 15 is 0 Å². The monoisotopic (exact) mass is 1880 g/mol. The highest BCUT2D eigenvalue weighted by Crippen LogP contribution is 2.40. The summed E-state index contributed by atoms with van der Waals surface area (Å²) in [5, 5.41) is 56.9. The second-order valence-electron chi connectivity index (χ2n) is 36.9. The van der Waals surface area contributed by atoms with Gasteiger partial charge >= 0.3 is 0 Å². The molecular weight excluding hydrogens is 1760 g/mol. The summed E-state index contributed by atoms with van der Waals surface area (Å²) in [6, 6.07) is 36.6. The average molecular weight is 1880 g/mol. The van der Waals surface area contributed by atoms with Crippen LogP contribution >= 0.6 is 22.7 Å². The standard InChI is InChI=1S/C27H33N3O5.C27H33N3O4S.C25H29N3O4S.C24H27N3O5/c1-15(2)25(24-11-17(4)29-35-24)27(33)30-13-21(31)12-22(30)23(32)10-16(3)19-6-8-20(9-7-19)26-18(5)28-14-34-26;1-15(2)25(24-11-17(4)29-34-24)27(33)30-13-21(31)12-22(30)23(32)10-16(3)19-6-8-20(9-7-19)26-18(5)28-14-35-26;1-4-20(23-10-16(3)27-32-23)25(31)28-13-19(29)11-21(28)22(30)9-15(2)17-5-7-18(8-6-17)24-12-26-14-33-24;1-3-19(22-10-15(2)26-32-22)24(30)27-13-18(28)11-20(27)21(29)9-6-16-4-7-17(8-5-16)23-12-25-14-31-23/h2*6-9,11,14-16,21-22,25,31H,10,12-13H2,1-5H3;5-8,10,12,14-15,19-21,29H,4,9,11,13H2,1-3H3;4-5,7-8,10,12,14,18-20,28H,3,6,9,11,13H2,1-2H3/t2*16-,21-,22+,25-;15-,19-,20-,21+;18-,19-,20+/m1111/s1. The van der Waals surface area contributed by atoms with Crippen LogP contribution in [-0.2, 0) is 44.8 Å². The van der Waals surface area contributed by atoms with Gasteiger partial charge in [0.05, 0.1) is 122 Å². The second-order valence-corrected chi connectivity index (χ2v) is 38.7. The molecule has 30 nitrogen and oxygen atoms in total. The zero-order valence-electron chi connectivity index (χ0n) is 79.1. The van der Waals surface area contributed by atoms with Gasteiger partial charge in [0.2, 0.25) is 23.6 Å². The predicted molar refractivity (Wildman–Crippen MR) is 507 cm³/mol. The van der Waals surface area contributed by atoms with Crippen molar-refractivity contribution < 1.29 is 85.7 Å². The Labute approximate surface area is 793 Å². The first-order chi connectivity index (χ1) is 64.6. The van der Waals surface area contributed by atoms with Crippen molar-refractivity contribution in [3.05, 3.63) is 237 Å². The van der Waals surface area contributed by atoms with E-state index in [4.69, 9.17) is 26.9 Å². The number of thiazole rings is 2. The van der Waals surface area contributed by atoms with Gasteiger partial charge in [0, 0.05) is 119 Å². The fraction of sp³-hybridized carbons (Fsp3) is 0.456. The number of carbonyl (C=O) groups excluding carboxylic acids is 8. The highest BCUT2D eigenvalue weighted by Gasteiger charge is 2.48. The number of aromatic nitrogens is 8. The van der Waals surface area contributed by atoms with Crippen LogP contribution in [0.2, 0.25) is 0 Å². The van der Waals surface area contributed by atoms with E-state index in [2.05, 4.69) is 64.8 Å². The number of nitrogens with zero attached hydrogens (tertiary/aromatic N) is 12. The Morgan fingerprint density at radius 1 is 0.407 bits per heavy atom. The molecule has 0 saturated carbocycles. The maximum atomic E-state index is 13.6. The van der Waals surface area contributed by atoms with Crippen LogP contribution in [0, 0.1) is 53.4 Å². The molecule has 714 valence electrons. The van der Waals surface area contributed by atoms with E-state index < -0.39 is 72.3 Å². The van der Waals surface area contributed by atoms with E-state index in [1.165, 1.54) is 22.6 Å². The number of aliphatic hydroxyl groups excluding tert-OH is 4. The number of carbonyl (C=O) groups is 8. The zero-order valence-corrected chi connectivity index (χ0v) is 80.8. The molecule has 32 heteroatoms. The number of hydrogen-bond acceptors (Lipinski definition) is 28. The van der Waals surface area contributed by atoms with Gasteiger partial charge in [-0.15, -0.1) is 22.7 Å². The molecule has 12 heterocycles. The largest absolute Gasteiger partial charge is 0.444 e. The topological polar surface area (TPSA) is 412 Å². The molecular formula is C103H122N12O18S2. The summed E-state index contributed by atoms with van der Waals surface area (Å²) >= 11 is 3.20. The molecule has 0 aliphatic carbocycles. The molecule has 0 unspecified atom stereocenters. The molecule has 0 spiro atoms. The van der Waals surface area contributed by atoms with Crippen LogP contribution in [-0.4, -0.2) is 202 Å². The van der Waals surface area contributed by atoms with Gasteiger partial charge in [-0.05, 0) is 124 Å². The Morgan fingerprint density at radius 3 is 1.13 bits per heavy atom. The summed E-state index contributed by atoms with van der Waals surface area (Å²) in [5.41, 5.74) is 16.5. The highest BCUT2D eigenvalue weighted by molar-refractivity contribution is 7.13. The van der Waals surface area contributed by atoms with E-state index in [1.54, 1.807) is 89.2 Å². The van der Waals surface area contributed by atoms with Gasteiger partial charge in [-0.3, -0.25) is 43.3 Å². The van der Waals surface area contributed by atoms with Crippen LogP contribution in [0.3, 0.4) is 0 Å². The second kappa shape index (κ2) is 45.4. The number of oxazole rings is 2. The number of β-amino-alcohol motifs (C(OH)–C–C–N with tert-alkyl or cyclic N) is 4. The van der Waals surface area contributed by atoms with Crippen LogP contribution in [0.4, 0.5) is 0 Å². The van der Waals surface area contributed by atoms with E-state index in [0.717, 1.165) is 71.4 Å². The number of likely N-dealkylation sites (tertiary alicyclic amines) is 4. The Hall–Kier alpha value is -12.2. The number of rotatable bonds is 32. The molecule has 16 rings (SSSR count). The van der Waals surface area contributed by atoms with Crippen LogP contribution in [0.25, 0.3) is 43.5 Å². The van der Waals surface area contributed by atoms with Crippen LogP contribution in [0.5, 0.6) is 0 Å². The maximum Gasteiger partial charge on any atom is 0.234 e. The summed E-state index contributed by atoms with van der Waals surface area (Å²) in [4.78, 5) is 132. The first kappa shape index (κ1) is 100. The first-order valence-corrected chi connectivity index (χ1v) is 48.1. The minimum Gasteiger partial charge on any atom is -0.444 e. The Balaban J connectivity index is 0.000000153. The molecule has 4 aliphatic rings. The number of benzene rings is 4. The van der Waals surface area contributed by atoms with Crippen molar-refractivity contribution in [1.29, 1.82) is 0 Å². The van der Waals surface area contributed by atoms with Gasteiger partial charge in [-0.2, -0.15) is 0 Å². The van der Waals surface area contributed by atoms with Gasteiger partial charge in [0.1, 0.15) is 34.9 Å². The smallest absolute Gasteiger partial charge is 0.234 e. The van der Waals surface area contributed by atoms with Crippen molar-refractivity contribution in [2.24, 2.45) is 11.8 Å². The van der Waals surface area contributed by atoms with Gasteiger partial charge in [0.15, 0.2) is 47.4 Å². The van der Waals surface area contributed by atoms with Crippen molar-refractivity contribution in [3.63, 3.8) is 0 Å². The van der Waals surface area contributed by atoms with Crippen molar-refractivity contribution in [2.45, 2.75) is 264 Å². The van der Waals surface area contributed by atoms with Gasteiger partial charge in [0.25, 0.3) is 0 Å². The molecule has 8 aromatic heterocycles. The molecule has 0 radical (unpaired) electrons. The lowest BCUT2D eigenvalue weighted by molar-refractivity contribution is -0.140. The molecule has 4 fully saturated rings. The summed E-state index contributed by atoms with van der Waals surface area (Å²) in [6.07, 6.45) is 7.30. The van der Waals surface area contributed by atoms with Crippen LogP contribution in [0.15, 0.2) is 184 Å². The average Bonchev–Trinajstić information content (AvgIpc) is 1.66. The van der Waals surface area contributed by atoms with E-state index in [0.29, 0.717) is 90.1 Å². The van der Waals surface area contributed by atoms with Crippen molar-refractivity contribution in [1.82, 2.24) is 60.2 Å². The molecule has 4 N–H and O–H groups in total. The van der Waals surface area contributed by atoms with E-state index in [1.807, 2.05) is 168 Å². The molecule has 15 atom stereocenters. The molecule has 12 aromatic rings. The predicted octanol–water partition coefficient (Wildman–Crippen LogP) is 16.9. The van der Waals surface area contributed by atoms with E-state index in [9.17, 15) is 58.8 Å². The third-order valence-corrected chi connectivity index (χ3v) is 27.7. The van der Waals surface area contributed by atoms with Crippen LogP contribution < -0.4 is 0 Å². The van der Waals surface area contributed by atoms with E-state index in [-0.39, 0.29) is 135 Å². The lowest BCUT2D eigenvalue weighted by Gasteiger charge is -2.29. The number of aryl methyl sites for hydroxylation is 7. The molecule has 4 aromatic carbocycles. The zero-order chi connectivity index (χ0) is 96.7. The summed E-state index contributed by atoms with van der Waals surface area (Å²) in [6.45, 7) is 29.4. The quantitative estimate of drug-likeness (QED) is 0.0304. The van der Waals surface area contributed by atoms with Crippen LogP contribution in [0.1, 0.15) is 247 Å². The third kappa shape index (κ3) is 24.6. The molecule has 4 aliphatic heterocycles. The van der Waals surface area contributed by atoms with Crippen molar-refractivity contribution in [2.75, 3.05) is 26.2 Å². The minimum atomic E-state index is -0.725. The SMILES string of the molecule is CC[C@@H](C(=O)N1C[C@H](O)C[C@H]1C(=O)CCc1ccc(-c2cnco2)cc1)c1cc(C)no1.CC[C@@H](C(=O)N1C[C@H](O)C[C@H]1C(=O)C[C@@H](C)c1ccc(-c2cncs2)cc1)c1cc(C)no1.Cc1cc([C@H](C(=O)N2C[C@H](O)C[C@H]2C(=O)C[C@@H](C)c2ccc(-c3ocnc3C)cc2)C(C)C)on1.Cc1cc([C@H](C(=O)N2C[C@H](O)C[C@H]2C(=O)C[C@@H](C)c2ccc(-c3scnc3C)cc2)C(C)C)on1. The number of hydrogen-bond donors (Lipinski definition) is 4. The van der Waals surface area contributed by atoms with Crippen molar-refractivity contribution >= 4 is 69.4 Å². The molecule has 4 amide bonds. The highest BCUT2D eigenvalue weighted by atomic mass is 32.1. The Kier molecular flexibility index (Phi) is 33.7. The number of ketones is 4. The maximum absolute atomic E-state index is 13.6. The number of aliphatic hydroxyl groups is 4. The normalized spacial score (nSPS) is 19.7. The summed E-state index contributed by atoms with van der Waals surface area (Å²) < 4.78 is 32.2. The number of amides is 4. The number of Topliss-reactive ketones (excluding diaryl/α,β-unsaturated/α-hetero) is 4. The Morgan fingerprint density at radius 2 is 0.793 bits per heavy atom. The molecule has 135 heavy (non-hydrogen) atoms. The Bertz CT molecular complexity index is 5770. The van der Waals surface area contributed by atoms with Gasteiger partial charge in [-0.25, -0.2) is 15.0 Å². The van der Waals surface area contributed by atoms with Gasteiger partial charge in [-0.1, -0.05) is 180 Å². The van der Waals surface area contributed by atoms with Crippen molar-refractivity contribution in [3.8, 4) is 43.5 Å². The molecule has 4 saturated heterocycles. The third-order valence-electron chi connectivity index (χ3n) is 25.9. The summed E-state index contributed by atoms with van der Waals surface area (Å²) in [5.74, 6) is 0.225. The lowest BCUT2D eigenvalue weighted by atomic mass is 9.89. The summed E-state index contributed by atoms with van der Waals surface area (Å²) in [7, 11) is 0. The lowest BCUT2D eigenvalue weighted by Crippen LogP contribution is -2.44. The molecule has 0 bridgehead atoms. The van der Waals surface area contributed by atoms with Gasteiger partial charge < -0.3 is 67.0 Å².